The van der Waals surface area contributed by atoms with Gasteiger partial charge in [-0.25, -0.2) is 29.6 Å². The van der Waals surface area contributed by atoms with E-state index >= 15 is 0 Å². The number of anilines is 2. The first kappa shape index (κ1) is 28.5. The van der Waals surface area contributed by atoms with E-state index in [9.17, 15) is 5.26 Å². The van der Waals surface area contributed by atoms with Crippen LogP contribution in [0.5, 0.6) is 0 Å². The second kappa shape index (κ2) is 11.5. The molecule has 5 aromatic heterocycles. The van der Waals surface area contributed by atoms with Gasteiger partial charge in [-0.05, 0) is 98.5 Å². The van der Waals surface area contributed by atoms with Gasteiger partial charge in [-0.3, -0.25) is 4.57 Å². The van der Waals surface area contributed by atoms with Gasteiger partial charge in [-0.15, -0.1) is 0 Å². The Bertz CT molecular complexity index is 2200. The smallest absolute Gasteiger partial charge is 0.234 e. The lowest BCUT2D eigenvalue weighted by molar-refractivity contribution is 0.367. The van der Waals surface area contributed by atoms with Gasteiger partial charge in [-0.2, -0.15) is 10.4 Å². The second-order valence-electron chi connectivity index (χ2n) is 12.8. The highest BCUT2D eigenvalue weighted by Gasteiger charge is 2.30. The van der Waals surface area contributed by atoms with Crippen LogP contribution in [0.15, 0.2) is 67.1 Å². The highest BCUT2D eigenvalue weighted by atomic mass is 15.3. The van der Waals surface area contributed by atoms with Gasteiger partial charge in [0.25, 0.3) is 0 Å². The summed E-state index contributed by atoms with van der Waals surface area (Å²) in [5.74, 6) is 3.12. The largest absolute Gasteiger partial charge is 0.383 e. The summed E-state index contributed by atoms with van der Waals surface area (Å²) in [5.41, 5.74) is 14.6. The van der Waals surface area contributed by atoms with Crippen LogP contribution in [0.4, 0.5) is 11.6 Å². The maximum atomic E-state index is 9.49. The van der Waals surface area contributed by atoms with Crippen molar-refractivity contribution in [3.63, 3.8) is 0 Å². The lowest BCUT2D eigenvalue weighted by Gasteiger charge is -2.35. The van der Waals surface area contributed by atoms with Gasteiger partial charge in [0.05, 0.1) is 11.3 Å². The molecule has 0 unspecified atom stereocenters. The summed E-state index contributed by atoms with van der Waals surface area (Å²) in [7, 11) is 0. The number of nitrogens with one attached hydrogen (secondary N) is 1. The third-order valence-corrected chi connectivity index (χ3v) is 10.0. The molecule has 3 aliphatic rings. The molecule has 48 heavy (non-hydrogen) atoms. The number of pyridine rings is 2. The van der Waals surface area contributed by atoms with E-state index < -0.39 is 0 Å². The van der Waals surface area contributed by atoms with Crippen molar-refractivity contribution in [3.05, 3.63) is 95.3 Å². The molecule has 6 aromatic rings. The van der Waals surface area contributed by atoms with Gasteiger partial charge < -0.3 is 16.0 Å². The molecule has 12 nitrogen and oxygen atoms in total. The van der Waals surface area contributed by atoms with E-state index in [1.54, 1.807) is 17.1 Å². The maximum Gasteiger partial charge on any atom is 0.234 e. The molecule has 238 valence electrons. The fourth-order valence-corrected chi connectivity index (χ4v) is 7.69. The van der Waals surface area contributed by atoms with E-state index in [0.717, 1.165) is 92.0 Å². The van der Waals surface area contributed by atoms with Crippen LogP contribution in [0.25, 0.3) is 34.1 Å². The molecule has 0 radical (unpaired) electrons. The molecule has 1 aromatic carbocycles. The van der Waals surface area contributed by atoms with Crippen molar-refractivity contribution in [1.82, 2.24) is 44.6 Å². The molecule has 0 bridgehead atoms. The predicted octanol–water partition coefficient (Wildman–Crippen LogP) is 4.65. The predicted molar refractivity (Wildman–Crippen MR) is 182 cm³/mol. The molecule has 1 saturated heterocycles. The van der Waals surface area contributed by atoms with E-state index in [1.165, 1.54) is 16.7 Å². The van der Waals surface area contributed by atoms with Crippen molar-refractivity contribution in [2.45, 2.75) is 57.0 Å². The van der Waals surface area contributed by atoms with Crippen LogP contribution in [-0.4, -0.2) is 58.4 Å². The maximum absolute atomic E-state index is 9.49. The zero-order valence-electron chi connectivity index (χ0n) is 26.4. The van der Waals surface area contributed by atoms with E-state index in [1.807, 2.05) is 36.5 Å². The number of hydrogen-bond donors (Lipinski definition) is 2. The fraction of sp³-hybridized carbons (Fsp3) is 0.306. The molecule has 1 atom stereocenters. The number of nitriles is 1. The molecule has 9 rings (SSSR count). The zero-order chi connectivity index (χ0) is 32.2. The van der Waals surface area contributed by atoms with Crippen molar-refractivity contribution >= 4 is 22.8 Å². The first-order valence-electron chi connectivity index (χ1n) is 16.7. The summed E-state index contributed by atoms with van der Waals surface area (Å²) in [6.07, 6.45) is 12.5. The van der Waals surface area contributed by atoms with E-state index in [-0.39, 0.29) is 0 Å². The Morgan fingerprint density at radius 2 is 1.83 bits per heavy atom. The van der Waals surface area contributed by atoms with Crippen LogP contribution in [0.3, 0.4) is 0 Å². The van der Waals surface area contributed by atoms with Gasteiger partial charge in [0.1, 0.15) is 23.2 Å². The van der Waals surface area contributed by atoms with E-state index in [2.05, 4.69) is 59.1 Å². The van der Waals surface area contributed by atoms with E-state index in [0.29, 0.717) is 35.4 Å². The number of aryl methyl sites for hydroxylation is 2. The minimum atomic E-state index is 0.293. The molecule has 1 aliphatic heterocycles. The van der Waals surface area contributed by atoms with Gasteiger partial charge in [0.2, 0.25) is 5.82 Å². The quantitative estimate of drug-likeness (QED) is 0.265. The third-order valence-electron chi connectivity index (χ3n) is 10.0. The Morgan fingerprint density at radius 1 is 0.917 bits per heavy atom. The molecule has 1 fully saturated rings. The van der Waals surface area contributed by atoms with Crippen LogP contribution in [0.1, 0.15) is 59.9 Å². The zero-order valence-corrected chi connectivity index (χ0v) is 26.4. The van der Waals surface area contributed by atoms with Crippen LogP contribution < -0.4 is 16.0 Å². The average molecular weight is 635 g/mol. The topological polar surface area (TPSA) is 152 Å². The Labute approximate surface area is 277 Å². The van der Waals surface area contributed by atoms with Gasteiger partial charge in [-0.1, -0.05) is 6.07 Å². The van der Waals surface area contributed by atoms with Crippen molar-refractivity contribution in [2.75, 3.05) is 23.7 Å². The number of nitrogens with two attached hydrogens (primary N) is 1. The number of imidazole rings is 1. The molecule has 0 saturated carbocycles. The number of benzene rings is 1. The first-order chi connectivity index (χ1) is 23.6. The van der Waals surface area contributed by atoms with Crippen molar-refractivity contribution in [1.29, 1.82) is 5.26 Å². The number of aromatic nitrogens is 8. The lowest BCUT2D eigenvalue weighted by atomic mass is 10.0. The van der Waals surface area contributed by atoms with Gasteiger partial charge >= 0.3 is 0 Å². The fourth-order valence-electron chi connectivity index (χ4n) is 7.69. The third kappa shape index (κ3) is 4.86. The number of hydrogen-bond acceptors (Lipinski definition) is 10. The number of nitrogen functional groups attached to an aromatic ring is 1. The number of fused-ring (bicyclic) bond motifs is 3. The molecular weight excluding hydrogens is 600 g/mol. The standard InChI is InChI=1S/C36H34N12/c37-21-31-42-28-6-1-4-26(28)34(44-31)46-18-13-23(14-19-46)41-29-10-7-22-20-24(8-9-25(22)29)48-35(27-5-2-15-39-33(27)38)43-30-11-12-32(45-36(30)48)47-17-3-16-40-47/h2-3,5,8-9,11-12,15-17,20,23,29,41H,1,4,6-7,10,13-14,18-19H2,(H2,38,39)/t29-/m0/s1. The van der Waals surface area contributed by atoms with Crippen LogP contribution in [-0.2, 0) is 19.3 Å². The normalized spacial score (nSPS) is 17.5. The molecular formula is C36H34N12. The van der Waals surface area contributed by atoms with Gasteiger partial charge in [0, 0.05) is 55.0 Å². The average Bonchev–Trinajstić information content (AvgIpc) is 3.94. The highest BCUT2D eigenvalue weighted by molar-refractivity contribution is 5.83. The summed E-state index contributed by atoms with van der Waals surface area (Å²) >= 11 is 0. The summed E-state index contributed by atoms with van der Waals surface area (Å²) in [5, 5.41) is 17.9. The minimum Gasteiger partial charge on any atom is -0.383 e. The van der Waals surface area contributed by atoms with Crippen molar-refractivity contribution in [2.24, 2.45) is 0 Å². The Hall–Kier alpha value is -5.67. The minimum absolute atomic E-state index is 0.293. The monoisotopic (exact) mass is 634 g/mol. The summed E-state index contributed by atoms with van der Waals surface area (Å²) in [6, 6.07) is 19.2. The van der Waals surface area contributed by atoms with Crippen molar-refractivity contribution < 1.29 is 0 Å². The Kier molecular flexibility index (Phi) is 6.86. The molecule has 3 N–H and O–H groups in total. The van der Waals surface area contributed by atoms with E-state index in [4.69, 9.17) is 15.7 Å². The van der Waals surface area contributed by atoms with Crippen LogP contribution >= 0.6 is 0 Å². The van der Waals surface area contributed by atoms with Gasteiger partial charge in [0.15, 0.2) is 17.3 Å². The van der Waals surface area contributed by atoms with Crippen molar-refractivity contribution in [3.8, 4) is 29.0 Å². The number of piperidine rings is 1. The lowest BCUT2D eigenvalue weighted by Crippen LogP contribution is -2.44. The summed E-state index contributed by atoms with van der Waals surface area (Å²) in [4.78, 5) is 25.8. The highest BCUT2D eigenvalue weighted by Crippen LogP contribution is 2.37. The molecule has 6 heterocycles. The summed E-state index contributed by atoms with van der Waals surface area (Å²) < 4.78 is 3.84. The molecule has 2 aliphatic carbocycles. The molecule has 12 heteroatoms. The molecule has 0 spiro atoms. The Morgan fingerprint density at radius 3 is 2.67 bits per heavy atom. The summed E-state index contributed by atoms with van der Waals surface area (Å²) in [6.45, 7) is 1.85. The SMILES string of the molecule is N#Cc1nc2c(c(N3CCC(N[C@H]4CCc5cc(-n6c(-c7cccnc7N)nc7ccc(-n8cccn8)nc76)ccc54)CC3)n1)CCC2. The number of nitrogens with zero attached hydrogens (tertiary/aromatic N) is 10. The molecule has 0 amide bonds. The van der Waals surface area contributed by atoms with Crippen LogP contribution in [0, 0.1) is 11.3 Å². The Balaban J connectivity index is 0.987. The second-order valence-corrected chi connectivity index (χ2v) is 12.8. The first-order valence-corrected chi connectivity index (χ1v) is 16.7. The van der Waals surface area contributed by atoms with Crippen LogP contribution in [0.2, 0.25) is 0 Å². The number of rotatable bonds is 6.